The van der Waals surface area contributed by atoms with E-state index in [2.05, 4.69) is 20.6 Å². The van der Waals surface area contributed by atoms with Gasteiger partial charge in [0.15, 0.2) is 0 Å². The summed E-state index contributed by atoms with van der Waals surface area (Å²) < 4.78 is 0. The molecular weight excluding hydrogens is 248 g/mol. The Bertz CT molecular complexity index is 538. The van der Waals surface area contributed by atoms with Gasteiger partial charge in [-0.1, -0.05) is 0 Å². The van der Waals surface area contributed by atoms with Gasteiger partial charge in [0.25, 0.3) is 0 Å². The first-order chi connectivity index (χ1) is 8.66. The van der Waals surface area contributed by atoms with Crippen molar-refractivity contribution in [2.24, 2.45) is 0 Å². The molecule has 2 N–H and O–H groups in total. The number of hydrogen-bond donors (Lipinski definition) is 2. The van der Waals surface area contributed by atoms with Crippen molar-refractivity contribution >= 4 is 33.3 Å². The van der Waals surface area contributed by atoms with Gasteiger partial charge in [0.05, 0.1) is 5.39 Å². The Kier molecular flexibility index (Phi) is 4.09. The van der Waals surface area contributed by atoms with Crippen LogP contribution in [0, 0.1) is 0 Å². The van der Waals surface area contributed by atoms with Crippen molar-refractivity contribution in [2.75, 3.05) is 11.9 Å². The van der Waals surface area contributed by atoms with Gasteiger partial charge in [0, 0.05) is 19.0 Å². The van der Waals surface area contributed by atoms with E-state index in [-0.39, 0.29) is 11.9 Å². The molecular formula is C12H16N4OS. The van der Waals surface area contributed by atoms with Crippen LogP contribution in [0.15, 0.2) is 17.8 Å². The molecule has 2 aromatic heterocycles. The molecule has 0 atom stereocenters. The van der Waals surface area contributed by atoms with Crippen LogP contribution in [-0.4, -0.2) is 28.5 Å². The quantitative estimate of drug-likeness (QED) is 0.867. The Morgan fingerprint density at radius 3 is 3.06 bits per heavy atom. The number of nitrogens with one attached hydrogen (secondary N) is 2. The van der Waals surface area contributed by atoms with Crippen molar-refractivity contribution in [1.29, 1.82) is 0 Å². The lowest BCUT2D eigenvalue weighted by molar-refractivity contribution is -0.121. The number of aromatic nitrogens is 2. The minimum atomic E-state index is 0.0492. The van der Waals surface area contributed by atoms with Gasteiger partial charge >= 0.3 is 0 Å². The molecule has 96 valence electrons. The molecule has 5 nitrogen and oxygen atoms in total. The van der Waals surface area contributed by atoms with Gasteiger partial charge in [-0.15, -0.1) is 11.3 Å². The van der Waals surface area contributed by atoms with Gasteiger partial charge in [-0.25, -0.2) is 9.97 Å². The number of thiophene rings is 1. The van der Waals surface area contributed by atoms with Crippen LogP contribution in [0.3, 0.4) is 0 Å². The van der Waals surface area contributed by atoms with E-state index in [1.807, 2.05) is 25.3 Å². The van der Waals surface area contributed by atoms with Crippen LogP contribution >= 0.6 is 11.3 Å². The number of fused-ring (bicyclic) bond motifs is 1. The fourth-order valence-electron chi connectivity index (χ4n) is 1.62. The number of rotatable bonds is 5. The first kappa shape index (κ1) is 12.8. The minimum absolute atomic E-state index is 0.0492. The van der Waals surface area contributed by atoms with Crippen molar-refractivity contribution in [2.45, 2.75) is 26.3 Å². The van der Waals surface area contributed by atoms with Gasteiger partial charge in [-0.3, -0.25) is 4.79 Å². The number of anilines is 1. The molecule has 0 aliphatic heterocycles. The van der Waals surface area contributed by atoms with Gasteiger partial charge in [0.1, 0.15) is 17.0 Å². The highest BCUT2D eigenvalue weighted by molar-refractivity contribution is 7.16. The summed E-state index contributed by atoms with van der Waals surface area (Å²) in [6.07, 6.45) is 1.98. The Morgan fingerprint density at radius 1 is 1.44 bits per heavy atom. The maximum Gasteiger partial charge on any atom is 0.221 e. The summed E-state index contributed by atoms with van der Waals surface area (Å²) in [4.78, 5) is 20.8. The lowest BCUT2D eigenvalue weighted by Crippen LogP contribution is -2.31. The van der Waals surface area contributed by atoms with Crippen LogP contribution in [0.25, 0.3) is 10.2 Å². The Hall–Kier alpha value is -1.69. The van der Waals surface area contributed by atoms with Crippen molar-refractivity contribution in [1.82, 2.24) is 15.3 Å². The minimum Gasteiger partial charge on any atom is -0.369 e. The van der Waals surface area contributed by atoms with Gasteiger partial charge in [-0.2, -0.15) is 0 Å². The third-order valence-electron chi connectivity index (χ3n) is 2.36. The summed E-state index contributed by atoms with van der Waals surface area (Å²) in [6.45, 7) is 4.47. The van der Waals surface area contributed by atoms with Crippen molar-refractivity contribution in [3.63, 3.8) is 0 Å². The van der Waals surface area contributed by atoms with Gasteiger partial charge in [-0.05, 0) is 25.3 Å². The fourth-order valence-corrected chi connectivity index (χ4v) is 2.35. The molecule has 18 heavy (non-hydrogen) atoms. The molecule has 2 heterocycles. The SMILES string of the molecule is CC(C)NC(=O)CCNc1ncnc2sccc12. The van der Waals surface area contributed by atoms with E-state index in [1.165, 1.54) is 6.33 Å². The Balaban J connectivity index is 1.90. The maximum absolute atomic E-state index is 11.5. The predicted octanol–water partition coefficient (Wildman–Crippen LogP) is 2.02. The predicted molar refractivity (Wildman–Crippen MR) is 73.8 cm³/mol. The summed E-state index contributed by atoms with van der Waals surface area (Å²) in [6, 6.07) is 2.16. The molecule has 0 bridgehead atoms. The smallest absolute Gasteiger partial charge is 0.221 e. The zero-order chi connectivity index (χ0) is 13.0. The molecule has 2 aromatic rings. The molecule has 6 heteroatoms. The number of hydrogen-bond acceptors (Lipinski definition) is 5. The molecule has 0 aliphatic rings. The largest absolute Gasteiger partial charge is 0.369 e. The van der Waals surface area contributed by atoms with Crippen molar-refractivity contribution in [3.05, 3.63) is 17.8 Å². The summed E-state index contributed by atoms with van der Waals surface area (Å²) in [5.41, 5.74) is 0. The highest BCUT2D eigenvalue weighted by atomic mass is 32.1. The zero-order valence-electron chi connectivity index (χ0n) is 10.4. The average Bonchev–Trinajstić information content (AvgIpc) is 2.76. The van der Waals surface area contributed by atoms with Crippen LogP contribution < -0.4 is 10.6 Å². The van der Waals surface area contributed by atoms with Crippen LogP contribution in [0.1, 0.15) is 20.3 Å². The second-order valence-electron chi connectivity index (χ2n) is 4.26. The van der Waals surface area contributed by atoms with Crippen LogP contribution in [-0.2, 0) is 4.79 Å². The van der Waals surface area contributed by atoms with Gasteiger partial charge in [0.2, 0.25) is 5.91 Å². The van der Waals surface area contributed by atoms with E-state index in [0.717, 1.165) is 16.0 Å². The molecule has 0 fully saturated rings. The van der Waals surface area contributed by atoms with E-state index in [0.29, 0.717) is 13.0 Å². The van der Waals surface area contributed by atoms with E-state index in [1.54, 1.807) is 11.3 Å². The topological polar surface area (TPSA) is 66.9 Å². The molecule has 0 spiro atoms. The first-order valence-corrected chi connectivity index (χ1v) is 6.76. The molecule has 0 saturated heterocycles. The lowest BCUT2D eigenvalue weighted by atomic mass is 10.3. The summed E-state index contributed by atoms with van der Waals surface area (Å²) in [5, 5.41) is 9.01. The fraction of sp³-hybridized carbons (Fsp3) is 0.417. The maximum atomic E-state index is 11.5. The number of amides is 1. The molecule has 0 radical (unpaired) electrons. The van der Waals surface area contributed by atoms with Crippen LogP contribution in [0.2, 0.25) is 0 Å². The number of carbonyl (C=O) groups excluding carboxylic acids is 1. The average molecular weight is 264 g/mol. The molecule has 0 aliphatic carbocycles. The standard InChI is InChI=1S/C12H16N4OS/c1-8(2)16-10(17)3-5-13-11-9-4-6-18-12(9)15-7-14-11/h4,6-8H,3,5H2,1-2H3,(H,16,17)(H,13,14,15). The van der Waals surface area contributed by atoms with Crippen molar-refractivity contribution < 1.29 is 4.79 Å². The molecule has 2 rings (SSSR count). The van der Waals surface area contributed by atoms with E-state index in [9.17, 15) is 4.79 Å². The second-order valence-corrected chi connectivity index (χ2v) is 5.16. The van der Waals surface area contributed by atoms with Crippen LogP contribution in [0.4, 0.5) is 5.82 Å². The summed E-state index contributed by atoms with van der Waals surface area (Å²) >= 11 is 1.58. The van der Waals surface area contributed by atoms with E-state index >= 15 is 0 Å². The number of nitrogens with zero attached hydrogens (tertiary/aromatic N) is 2. The highest BCUT2D eigenvalue weighted by Crippen LogP contribution is 2.23. The first-order valence-electron chi connectivity index (χ1n) is 5.88. The highest BCUT2D eigenvalue weighted by Gasteiger charge is 2.06. The second kappa shape index (κ2) is 5.77. The monoisotopic (exact) mass is 264 g/mol. The van der Waals surface area contributed by atoms with E-state index < -0.39 is 0 Å². The Morgan fingerprint density at radius 2 is 2.28 bits per heavy atom. The molecule has 0 aromatic carbocycles. The lowest BCUT2D eigenvalue weighted by Gasteiger charge is -2.09. The van der Waals surface area contributed by atoms with E-state index in [4.69, 9.17) is 0 Å². The number of carbonyl (C=O) groups is 1. The third kappa shape index (κ3) is 3.16. The molecule has 0 unspecified atom stereocenters. The zero-order valence-corrected chi connectivity index (χ0v) is 11.3. The van der Waals surface area contributed by atoms with Crippen molar-refractivity contribution in [3.8, 4) is 0 Å². The third-order valence-corrected chi connectivity index (χ3v) is 3.18. The van der Waals surface area contributed by atoms with Gasteiger partial charge < -0.3 is 10.6 Å². The normalized spacial score (nSPS) is 10.8. The summed E-state index contributed by atoms with van der Waals surface area (Å²) in [5.74, 6) is 0.840. The molecule has 1 amide bonds. The van der Waals surface area contributed by atoms with Crippen LogP contribution in [0.5, 0.6) is 0 Å². The Labute approximate surface area is 110 Å². The molecule has 0 saturated carbocycles. The summed E-state index contributed by atoms with van der Waals surface area (Å²) in [7, 11) is 0.